The van der Waals surface area contributed by atoms with Crippen molar-refractivity contribution in [2.24, 2.45) is 16.8 Å². The van der Waals surface area contributed by atoms with E-state index in [1.807, 2.05) is 0 Å². The topological polar surface area (TPSA) is 99.2 Å². The first-order valence-electron chi connectivity index (χ1n) is 4.10. The van der Waals surface area contributed by atoms with Gasteiger partial charge in [0.25, 0.3) is 0 Å². The Kier molecular flexibility index (Phi) is 2.94. The third-order valence-electron chi connectivity index (χ3n) is 2.23. The Morgan fingerprint density at radius 2 is 2.31 bits per heavy atom. The van der Waals surface area contributed by atoms with Crippen LogP contribution in [0.1, 0.15) is 12.8 Å². The van der Waals surface area contributed by atoms with Crippen molar-refractivity contribution in [3.8, 4) is 0 Å². The van der Waals surface area contributed by atoms with Gasteiger partial charge in [-0.25, -0.2) is 4.79 Å². The summed E-state index contributed by atoms with van der Waals surface area (Å²) in [4.78, 5) is 11.9. The van der Waals surface area contributed by atoms with Gasteiger partial charge in [-0.1, -0.05) is 5.16 Å². The molecule has 4 N–H and O–H groups in total. The number of amides is 1. The van der Waals surface area contributed by atoms with Crippen LogP contribution >= 0.6 is 0 Å². The number of hydrogen-bond acceptors (Lipinski definition) is 3. The molecule has 1 rings (SSSR count). The number of carbonyl (C=O) groups is 1. The Morgan fingerprint density at radius 3 is 2.85 bits per heavy atom. The summed E-state index contributed by atoms with van der Waals surface area (Å²) in [6.07, 6.45) is 0.586. The normalized spacial score (nSPS) is 24.5. The fourth-order valence-electron chi connectivity index (χ4n) is 1.47. The van der Waals surface area contributed by atoms with Gasteiger partial charge in [-0.3, -0.25) is 0 Å². The van der Waals surface area contributed by atoms with Gasteiger partial charge in [0.05, 0.1) is 0 Å². The number of hydrogen-bond donors (Lipinski definition) is 3. The predicted molar refractivity (Wildman–Crippen MR) is 45.7 cm³/mol. The lowest BCUT2D eigenvalue weighted by atomic mass is 9.97. The molecular weight excluding hydrogens is 174 g/mol. The average molecular weight is 187 g/mol. The van der Waals surface area contributed by atoms with E-state index in [4.69, 9.17) is 16.0 Å². The second-order valence-electron chi connectivity index (χ2n) is 3.09. The van der Waals surface area contributed by atoms with E-state index < -0.39 is 6.09 Å². The first kappa shape index (κ1) is 9.63. The van der Waals surface area contributed by atoms with Crippen LogP contribution in [0.25, 0.3) is 0 Å². The van der Waals surface area contributed by atoms with E-state index in [1.165, 1.54) is 4.90 Å². The molecule has 0 radical (unpaired) electrons. The molecular formula is C7H13N3O3. The SMILES string of the molecule is N/C(=N\O)[C@H]1CCCN(C(=O)O)C1. The first-order valence-corrected chi connectivity index (χ1v) is 4.10. The fraction of sp³-hybridized carbons (Fsp3) is 0.714. The van der Waals surface area contributed by atoms with Gasteiger partial charge in [-0.2, -0.15) is 0 Å². The molecule has 0 aromatic heterocycles. The number of nitrogens with two attached hydrogens (primary N) is 1. The van der Waals surface area contributed by atoms with Crippen molar-refractivity contribution in [2.45, 2.75) is 12.8 Å². The summed E-state index contributed by atoms with van der Waals surface area (Å²) >= 11 is 0. The molecule has 1 heterocycles. The molecule has 0 aromatic rings. The number of nitrogens with zero attached hydrogens (tertiary/aromatic N) is 2. The summed E-state index contributed by atoms with van der Waals surface area (Å²) in [5.74, 6) is -0.0270. The van der Waals surface area contributed by atoms with E-state index in [9.17, 15) is 4.79 Å². The Morgan fingerprint density at radius 1 is 1.62 bits per heavy atom. The van der Waals surface area contributed by atoms with Crippen molar-refractivity contribution in [3.05, 3.63) is 0 Å². The van der Waals surface area contributed by atoms with E-state index in [0.717, 1.165) is 12.8 Å². The highest BCUT2D eigenvalue weighted by Gasteiger charge is 2.25. The molecule has 0 aliphatic carbocycles. The van der Waals surface area contributed by atoms with Gasteiger partial charge < -0.3 is 20.9 Å². The average Bonchev–Trinajstić information content (AvgIpc) is 2.17. The Bertz CT molecular complexity index is 229. The number of carboxylic acid groups (broad SMARTS) is 1. The minimum Gasteiger partial charge on any atom is -0.465 e. The largest absolute Gasteiger partial charge is 0.465 e. The molecule has 0 aromatic carbocycles. The van der Waals surface area contributed by atoms with Crippen molar-refractivity contribution in [2.75, 3.05) is 13.1 Å². The minimum atomic E-state index is -0.949. The van der Waals surface area contributed by atoms with E-state index in [0.29, 0.717) is 13.1 Å². The van der Waals surface area contributed by atoms with Gasteiger partial charge in [0, 0.05) is 19.0 Å². The van der Waals surface area contributed by atoms with Crippen molar-refractivity contribution >= 4 is 11.9 Å². The highest BCUT2D eigenvalue weighted by molar-refractivity contribution is 5.83. The standard InChI is InChI=1S/C7H13N3O3/c8-6(9-13)5-2-1-3-10(4-5)7(11)12/h5,13H,1-4H2,(H2,8,9)(H,11,12)/t5-/m0/s1. The Labute approximate surface area is 75.6 Å². The van der Waals surface area contributed by atoms with Gasteiger partial charge >= 0.3 is 6.09 Å². The number of amidine groups is 1. The summed E-state index contributed by atoms with van der Waals surface area (Å²) in [6, 6.07) is 0. The maximum Gasteiger partial charge on any atom is 0.407 e. The molecule has 6 nitrogen and oxygen atoms in total. The maximum absolute atomic E-state index is 10.6. The first-order chi connectivity index (χ1) is 6.15. The molecule has 0 bridgehead atoms. The molecule has 0 unspecified atom stereocenters. The molecule has 1 saturated heterocycles. The monoisotopic (exact) mass is 187 g/mol. The summed E-state index contributed by atoms with van der Waals surface area (Å²) < 4.78 is 0. The highest BCUT2D eigenvalue weighted by Crippen LogP contribution is 2.16. The summed E-state index contributed by atoms with van der Waals surface area (Å²) in [6.45, 7) is 0.857. The molecule has 13 heavy (non-hydrogen) atoms. The summed E-state index contributed by atoms with van der Waals surface area (Å²) in [7, 11) is 0. The third-order valence-corrected chi connectivity index (χ3v) is 2.23. The quantitative estimate of drug-likeness (QED) is 0.235. The van der Waals surface area contributed by atoms with E-state index in [1.54, 1.807) is 0 Å². The van der Waals surface area contributed by atoms with Crippen LogP contribution in [0.15, 0.2) is 5.16 Å². The molecule has 1 atom stereocenters. The van der Waals surface area contributed by atoms with Crippen LogP contribution in [-0.4, -0.2) is 40.2 Å². The van der Waals surface area contributed by atoms with Gasteiger partial charge in [0.1, 0.15) is 5.84 Å². The van der Waals surface area contributed by atoms with Gasteiger partial charge in [0.15, 0.2) is 0 Å². The van der Waals surface area contributed by atoms with Crippen molar-refractivity contribution in [3.63, 3.8) is 0 Å². The van der Waals surface area contributed by atoms with E-state index >= 15 is 0 Å². The lowest BCUT2D eigenvalue weighted by molar-refractivity contribution is 0.128. The second-order valence-corrected chi connectivity index (χ2v) is 3.09. The second kappa shape index (κ2) is 3.97. The summed E-state index contributed by atoms with van der Waals surface area (Å²) in [5, 5.41) is 20.0. The van der Waals surface area contributed by atoms with Crippen LogP contribution < -0.4 is 5.73 Å². The van der Waals surface area contributed by atoms with Gasteiger partial charge in [0.2, 0.25) is 0 Å². The van der Waals surface area contributed by atoms with Gasteiger partial charge in [-0.15, -0.1) is 0 Å². The van der Waals surface area contributed by atoms with E-state index in [-0.39, 0.29) is 11.8 Å². The number of piperidine rings is 1. The maximum atomic E-state index is 10.6. The van der Waals surface area contributed by atoms with Crippen LogP contribution in [-0.2, 0) is 0 Å². The molecule has 0 saturated carbocycles. The van der Waals surface area contributed by atoms with Crippen LogP contribution in [0.2, 0.25) is 0 Å². The number of oxime groups is 1. The molecule has 1 amide bonds. The Balaban J connectivity index is 2.56. The smallest absolute Gasteiger partial charge is 0.407 e. The van der Waals surface area contributed by atoms with Crippen LogP contribution in [0, 0.1) is 5.92 Å². The highest BCUT2D eigenvalue weighted by atomic mass is 16.4. The molecule has 1 aliphatic rings. The Hall–Kier alpha value is -1.46. The zero-order chi connectivity index (χ0) is 9.84. The molecule has 74 valence electrons. The van der Waals surface area contributed by atoms with Crippen molar-refractivity contribution in [1.29, 1.82) is 0 Å². The third kappa shape index (κ3) is 2.24. The van der Waals surface area contributed by atoms with Gasteiger partial charge in [-0.05, 0) is 12.8 Å². The zero-order valence-corrected chi connectivity index (χ0v) is 7.18. The zero-order valence-electron chi connectivity index (χ0n) is 7.18. The molecule has 6 heteroatoms. The van der Waals surface area contributed by atoms with Crippen LogP contribution in [0.3, 0.4) is 0 Å². The van der Waals surface area contributed by atoms with Crippen molar-refractivity contribution in [1.82, 2.24) is 4.90 Å². The van der Waals surface area contributed by atoms with Crippen LogP contribution in [0.5, 0.6) is 0 Å². The van der Waals surface area contributed by atoms with Crippen LogP contribution in [0.4, 0.5) is 4.79 Å². The molecule has 0 spiro atoms. The predicted octanol–water partition coefficient (Wildman–Crippen LogP) is 0.123. The molecule has 1 fully saturated rings. The lowest BCUT2D eigenvalue weighted by Gasteiger charge is -2.29. The summed E-state index contributed by atoms with van der Waals surface area (Å²) in [5.41, 5.74) is 5.39. The number of rotatable bonds is 1. The molecule has 1 aliphatic heterocycles. The number of likely N-dealkylation sites (tertiary alicyclic amines) is 1. The fourth-order valence-corrected chi connectivity index (χ4v) is 1.47. The minimum absolute atomic E-state index is 0.117. The van der Waals surface area contributed by atoms with E-state index in [2.05, 4.69) is 5.16 Å². The van der Waals surface area contributed by atoms with Crippen molar-refractivity contribution < 1.29 is 15.1 Å². The lowest BCUT2D eigenvalue weighted by Crippen LogP contribution is -2.43.